The number of amides is 2. The molecule has 1 aliphatic rings. The number of anilines is 2. The van der Waals surface area contributed by atoms with Gasteiger partial charge in [0.15, 0.2) is 0 Å². The highest BCUT2D eigenvalue weighted by Crippen LogP contribution is 2.36. The highest BCUT2D eigenvalue weighted by molar-refractivity contribution is 6.04. The largest absolute Gasteiger partial charge is 0.497 e. The van der Waals surface area contributed by atoms with E-state index in [2.05, 4.69) is 5.32 Å². The number of hydrogen-bond acceptors (Lipinski definition) is 5. The van der Waals surface area contributed by atoms with Gasteiger partial charge in [-0.15, -0.1) is 0 Å². The standard InChI is InChI=1S/C21H24N2O5/c1-4-28-16-7-5-15(6-8-16)22-21(25)14-11-20(24)23(13-14)18-12-17(26-2)9-10-19(18)27-3/h5-10,12,14H,4,11,13H2,1-3H3,(H,22,25)/t14-/m0/s1. The monoisotopic (exact) mass is 384 g/mol. The Hall–Kier alpha value is -3.22. The summed E-state index contributed by atoms with van der Waals surface area (Å²) in [4.78, 5) is 26.8. The maximum atomic E-state index is 12.6. The first-order valence-corrected chi connectivity index (χ1v) is 9.11. The molecular weight excluding hydrogens is 360 g/mol. The van der Waals surface area contributed by atoms with Crippen LogP contribution in [0.5, 0.6) is 17.2 Å². The molecule has 1 N–H and O–H groups in total. The molecule has 0 bridgehead atoms. The second kappa shape index (κ2) is 8.65. The van der Waals surface area contributed by atoms with Crippen molar-refractivity contribution in [2.45, 2.75) is 13.3 Å². The number of rotatable bonds is 7. The fraction of sp³-hybridized carbons (Fsp3) is 0.333. The molecule has 148 valence electrons. The number of methoxy groups -OCH3 is 2. The van der Waals surface area contributed by atoms with E-state index >= 15 is 0 Å². The summed E-state index contributed by atoms with van der Waals surface area (Å²) in [5.74, 6) is 1.15. The van der Waals surface area contributed by atoms with E-state index in [4.69, 9.17) is 14.2 Å². The Morgan fingerprint density at radius 1 is 1.11 bits per heavy atom. The molecule has 1 atom stereocenters. The van der Waals surface area contributed by atoms with Crippen LogP contribution in [0, 0.1) is 5.92 Å². The van der Waals surface area contributed by atoms with E-state index in [9.17, 15) is 9.59 Å². The third kappa shape index (κ3) is 4.19. The van der Waals surface area contributed by atoms with Crippen LogP contribution in [0.1, 0.15) is 13.3 Å². The average Bonchev–Trinajstić information content (AvgIpc) is 3.11. The van der Waals surface area contributed by atoms with Crippen LogP contribution in [-0.2, 0) is 9.59 Å². The lowest BCUT2D eigenvalue weighted by Gasteiger charge is -2.20. The molecule has 1 saturated heterocycles. The molecule has 2 aromatic rings. The normalized spacial score (nSPS) is 16.0. The molecule has 2 aromatic carbocycles. The van der Waals surface area contributed by atoms with Gasteiger partial charge in [-0.05, 0) is 43.3 Å². The molecule has 7 nitrogen and oxygen atoms in total. The molecule has 0 aromatic heterocycles. The summed E-state index contributed by atoms with van der Waals surface area (Å²) >= 11 is 0. The fourth-order valence-electron chi connectivity index (χ4n) is 3.17. The SMILES string of the molecule is CCOc1ccc(NC(=O)[C@H]2CC(=O)N(c3cc(OC)ccc3OC)C2)cc1. The minimum Gasteiger partial charge on any atom is -0.497 e. The lowest BCUT2D eigenvalue weighted by molar-refractivity contribution is -0.122. The van der Waals surface area contributed by atoms with Crippen molar-refractivity contribution in [1.82, 2.24) is 0 Å². The van der Waals surface area contributed by atoms with Crippen molar-refractivity contribution in [3.8, 4) is 17.2 Å². The maximum absolute atomic E-state index is 12.6. The van der Waals surface area contributed by atoms with Crippen LogP contribution in [0.4, 0.5) is 11.4 Å². The summed E-state index contributed by atoms with van der Waals surface area (Å²) < 4.78 is 16.0. The summed E-state index contributed by atoms with van der Waals surface area (Å²) in [6, 6.07) is 12.4. The van der Waals surface area contributed by atoms with Crippen molar-refractivity contribution in [3.05, 3.63) is 42.5 Å². The topological polar surface area (TPSA) is 77.1 Å². The molecule has 1 heterocycles. The first-order chi connectivity index (χ1) is 13.5. The number of carbonyl (C=O) groups excluding carboxylic acids is 2. The molecule has 0 spiro atoms. The van der Waals surface area contributed by atoms with Gasteiger partial charge in [-0.1, -0.05) is 0 Å². The zero-order chi connectivity index (χ0) is 20.1. The van der Waals surface area contributed by atoms with Crippen LogP contribution in [0.15, 0.2) is 42.5 Å². The summed E-state index contributed by atoms with van der Waals surface area (Å²) in [5, 5.41) is 2.87. The van der Waals surface area contributed by atoms with Gasteiger partial charge in [0.1, 0.15) is 17.2 Å². The summed E-state index contributed by atoms with van der Waals surface area (Å²) in [6.07, 6.45) is 0.142. The molecule has 0 aliphatic carbocycles. The second-order valence-corrected chi connectivity index (χ2v) is 6.39. The number of hydrogen-bond donors (Lipinski definition) is 1. The molecule has 7 heteroatoms. The van der Waals surface area contributed by atoms with Gasteiger partial charge in [0, 0.05) is 24.7 Å². The van der Waals surface area contributed by atoms with E-state index in [0.717, 1.165) is 5.75 Å². The van der Waals surface area contributed by atoms with Gasteiger partial charge in [-0.2, -0.15) is 0 Å². The molecule has 0 saturated carbocycles. The summed E-state index contributed by atoms with van der Waals surface area (Å²) in [7, 11) is 3.10. The Morgan fingerprint density at radius 2 is 1.82 bits per heavy atom. The zero-order valence-electron chi connectivity index (χ0n) is 16.2. The van der Waals surface area contributed by atoms with Crippen molar-refractivity contribution >= 4 is 23.2 Å². The van der Waals surface area contributed by atoms with Gasteiger partial charge in [0.05, 0.1) is 32.4 Å². The molecule has 28 heavy (non-hydrogen) atoms. The van der Waals surface area contributed by atoms with E-state index in [1.54, 1.807) is 61.6 Å². The second-order valence-electron chi connectivity index (χ2n) is 6.39. The highest BCUT2D eigenvalue weighted by atomic mass is 16.5. The predicted molar refractivity (Wildman–Crippen MR) is 106 cm³/mol. The lowest BCUT2D eigenvalue weighted by Crippen LogP contribution is -2.28. The van der Waals surface area contributed by atoms with E-state index in [1.807, 2.05) is 6.92 Å². The van der Waals surface area contributed by atoms with Crippen LogP contribution < -0.4 is 24.4 Å². The van der Waals surface area contributed by atoms with Crippen LogP contribution in [0.2, 0.25) is 0 Å². The highest BCUT2D eigenvalue weighted by Gasteiger charge is 2.36. The zero-order valence-corrected chi connectivity index (χ0v) is 16.2. The Kier molecular flexibility index (Phi) is 6.03. The molecule has 0 unspecified atom stereocenters. The van der Waals surface area contributed by atoms with Gasteiger partial charge in [0.2, 0.25) is 11.8 Å². The fourth-order valence-corrected chi connectivity index (χ4v) is 3.17. The van der Waals surface area contributed by atoms with E-state index in [-0.39, 0.29) is 24.8 Å². The van der Waals surface area contributed by atoms with Crippen LogP contribution in [-0.4, -0.2) is 39.2 Å². The average molecular weight is 384 g/mol. The Labute approximate surface area is 164 Å². The van der Waals surface area contributed by atoms with E-state index < -0.39 is 5.92 Å². The van der Waals surface area contributed by atoms with Gasteiger partial charge >= 0.3 is 0 Å². The summed E-state index contributed by atoms with van der Waals surface area (Å²) in [6.45, 7) is 2.78. The smallest absolute Gasteiger partial charge is 0.229 e. The third-order valence-corrected chi connectivity index (χ3v) is 4.61. The molecule has 1 aliphatic heterocycles. The molecule has 0 radical (unpaired) electrons. The summed E-state index contributed by atoms with van der Waals surface area (Å²) in [5.41, 5.74) is 1.27. The van der Waals surface area contributed by atoms with Crippen molar-refractivity contribution in [2.24, 2.45) is 5.92 Å². The molecule has 1 fully saturated rings. The van der Waals surface area contributed by atoms with Crippen molar-refractivity contribution in [2.75, 3.05) is 37.6 Å². The lowest BCUT2D eigenvalue weighted by atomic mass is 10.1. The van der Waals surface area contributed by atoms with Crippen LogP contribution in [0.3, 0.4) is 0 Å². The Bertz CT molecular complexity index is 850. The minimum absolute atomic E-state index is 0.126. The predicted octanol–water partition coefficient (Wildman–Crippen LogP) is 3.09. The van der Waals surface area contributed by atoms with Crippen molar-refractivity contribution in [3.63, 3.8) is 0 Å². The number of benzene rings is 2. The molecule has 2 amide bonds. The maximum Gasteiger partial charge on any atom is 0.229 e. The first kappa shape index (κ1) is 19.5. The Balaban J connectivity index is 1.71. The van der Waals surface area contributed by atoms with Crippen molar-refractivity contribution < 1.29 is 23.8 Å². The number of nitrogens with zero attached hydrogens (tertiary/aromatic N) is 1. The van der Waals surface area contributed by atoms with E-state index in [0.29, 0.717) is 29.5 Å². The Morgan fingerprint density at radius 3 is 2.46 bits per heavy atom. The van der Waals surface area contributed by atoms with Gasteiger partial charge in [-0.25, -0.2) is 0 Å². The molecular formula is C21H24N2O5. The van der Waals surface area contributed by atoms with E-state index in [1.165, 1.54) is 0 Å². The van der Waals surface area contributed by atoms with Crippen LogP contribution >= 0.6 is 0 Å². The number of ether oxygens (including phenoxy) is 3. The number of carbonyl (C=O) groups is 2. The quantitative estimate of drug-likeness (QED) is 0.794. The van der Waals surface area contributed by atoms with Gasteiger partial charge < -0.3 is 24.4 Å². The van der Waals surface area contributed by atoms with Gasteiger partial charge in [-0.3, -0.25) is 9.59 Å². The number of nitrogens with one attached hydrogen (secondary N) is 1. The van der Waals surface area contributed by atoms with Gasteiger partial charge in [0.25, 0.3) is 0 Å². The first-order valence-electron chi connectivity index (χ1n) is 9.11. The van der Waals surface area contributed by atoms with Crippen LogP contribution in [0.25, 0.3) is 0 Å². The molecule has 3 rings (SSSR count). The van der Waals surface area contributed by atoms with Crippen molar-refractivity contribution in [1.29, 1.82) is 0 Å². The minimum atomic E-state index is -0.449. The third-order valence-electron chi connectivity index (χ3n) is 4.61.